The summed E-state index contributed by atoms with van der Waals surface area (Å²) in [6, 6.07) is 26.4. The van der Waals surface area contributed by atoms with E-state index >= 15 is 0 Å². The van der Waals surface area contributed by atoms with Crippen LogP contribution in [0.15, 0.2) is 84.9 Å². The standard InChI is InChI=1S/C27H28N2O4/c30-18-25-24(29-27(32)21-9-5-2-6-10-21)16-15-23(33-25)17-26(31)28-22-13-11-20(12-14-22)19-7-3-1-4-8-19/h1-14,23-25,30H,15-18H2,(H,28,31)(H,29,32)/t23-,24-,25+/m0/s1. The number of amides is 2. The molecule has 6 nitrogen and oxygen atoms in total. The van der Waals surface area contributed by atoms with Gasteiger partial charge in [-0.2, -0.15) is 0 Å². The molecule has 1 aliphatic heterocycles. The highest BCUT2D eigenvalue weighted by atomic mass is 16.5. The highest BCUT2D eigenvalue weighted by Crippen LogP contribution is 2.24. The fourth-order valence-corrected chi connectivity index (χ4v) is 4.08. The van der Waals surface area contributed by atoms with E-state index in [0.717, 1.165) is 16.8 Å². The van der Waals surface area contributed by atoms with Crippen molar-refractivity contribution in [3.05, 3.63) is 90.5 Å². The number of nitrogens with one attached hydrogen (secondary N) is 2. The van der Waals surface area contributed by atoms with Crippen LogP contribution in [0, 0.1) is 0 Å². The van der Waals surface area contributed by atoms with Gasteiger partial charge in [0.2, 0.25) is 5.91 Å². The second-order valence-corrected chi connectivity index (χ2v) is 8.20. The van der Waals surface area contributed by atoms with E-state index < -0.39 is 6.10 Å². The third-order valence-electron chi connectivity index (χ3n) is 5.84. The predicted molar refractivity (Wildman–Crippen MR) is 128 cm³/mol. The molecule has 0 saturated carbocycles. The van der Waals surface area contributed by atoms with Gasteiger partial charge < -0.3 is 20.5 Å². The van der Waals surface area contributed by atoms with Crippen LogP contribution >= 0.6 is 0 Å². The molecule has 0 unspecified atom stereocenters. The number of benzene rings is 3. The SMILES string of the molecule is O=C(C[C@@H]1CC[C@H](NC(=O)c2ccccc2)[C@@H](CO)O1)Nc1ccc(-c2ccccc2)cc1. The Hall–Kier alpha value is -3.48. The summed E-state index contributed by atoms with van der Waals surface area (Å²) >= 11 is 0. The van der Waals surface area contributed by atoms with Gasteiger partial charge in [0.15, 0.2) is 0 Å². The van der Waals surface area contributed by atoms with Crippen LogP contribution < -0.4 is 10.6 Å². The second kappa shape index (κ2) is 10.9. The van der Waals surface area contributed by atoms with Crippen molar-refractivity contribution < 1.29 is 19.4 Å². The number of ether oxygens (including phenoxy) is 1. The number of aliphatic hydroxyl groups is 1. The number of hydrogen-bond donors (Lipinski definition) is 3. The maximum atomic E-state index is 12.6. The quantitative estimate of drug-likeness (QED) is 0.514. The van der Waals surface area contributed by atoms with Crippen LogP contribution in [0.2, 0.25) is 0 Å². The molecular formula is C27H28N2O4. The molecule has 0 aromatic heterocycles. The predicted octanol–water partition coefficient (Wildman–Crippen LogP) is 4.02. The van der Waals surface area contributed by atoms with E-state index in [4.69, 9.17) is 4.74 Å². The average molecular weight is 445 g/mol. The minimum atomic E-state index is -0.547. The van der Waals surface area contributed by atoms with E-state index in [1.54, 1.807) is 24.3 Å². The van der Waals surface area contributed by atoms with Crippen molar-refractivity contribution in [2.24, 2.45) is 0 Å². The van der Waals surface area contributed by atoms with Gasteiger partial charge >= 0.3 is 0 Å². The number of hydrogen-bond acceptors (Lipinski definition) is 4. The molecule has 1 heterocycles. The molecule has 1 saturated heterocycles. The molecule has 170 valence electrons. The topological polar surface area (TPSA) is 87.7 Å². The van der Waals surface area contributed by atoms with Crippen LogP contribution in [0.25, 0.3) is 11.1 Å². The molecule has 3 atom stereocenters. The molecule has 0 radical (unpaired) electrons. The van der Waals surface area contributed by atoms with Crippen molar-refractivity contribution in [2.75, 3.05) is 11.9 Å². The van der Waals surface area contributed by atoms with Crippen molar-refractivity contribution in [1.29, 1.82) is 0 Å². The summed E-state index contributed by atoms with van der Waals surface area (Å²) in [5.41, 5.74) is 3.49. The Balaban J connectivity index is 1.28. The number of anilines is 1. The van der Waals surface area contributed by atoms with E-state index in [1.165, 1.54) is 0 Å². The van der Waals surface area contributed by atoms with Crippen molar-refractivity contribution in [3.63, 3.8) is 0 Å². The fourth-order valence-electron chi connectivity index (χ4n) is 4.08. The van der Waals surface area contributed by atoms with Crippen molar-refractivity contribution >= 4 is 17.5 Å². The van der Waals surface area contributed by atoms with Gasteiger partial charge in [-0.3, -0.25) is 9.59 Å². The van der Waals surface area contributed by atoms with Gasteiger partial charge in [0.1, 0.15) is 6.10 Å². The lowest BCUT2D eigenvalue weighted by molar-refractivity contribution is -0.126. The maximum Gasteiger partial charge on any atom is 0.251 e. The van der Waals surface area contributed by atoms with Crippen molar-refractivity contribution in [3.8, 4) is 11.1 Å². The highest BCUT2D eigenvalue weighted by molar-refractivity contribution is 5.94. The Kier molecular flexibility index (Phi) is 7.50. The molecule has 0 spiro atoms. The molecule has 3 N–H and O–H groups in total. The lowest BCUT2D eigenvalue weighted by atomic mass is 9.96. The average Bonchev–Trinajstić information content (AvgIpc) is 2.86. The molecule has 1 aliphatic rings. The number of carbonyl (C=O) groups is 2. The van der Waals surface area contributed by atoms with E-state index in [0.29, 0.717) is 18.4 Å². The minimum absolute atomic E-state index is 0.143. The Morgan fingerprint density at radius 3 is 2.15 bits per heavy atom. The third kappa shape index (κ3) is 6.06. The van der Waals surface area contributed by atoms with Gasteiger partial charge in [0.25, 0.3) is 5.91 Å². The van der Waals surface area contributed by atoms with E-state index in [9.17, 15) is 14.7 Å². The number of carbonyl (C=O) groups excluding carboxylic acids is 2. The first-order valence-electron chi connectivity index (χ1n) is 11.2. The number of rotatable bonds is 7. The van der Waals surface area contributed by atoms with Crippen LogP contribution in [0.1, 0.15) is 29.6 Å². The van der Waals surface area contributed by atoms with Crippen molar-refractivity contribution in [1.82, 2.24) is 5.32 Å². The molecule has 3 aromatic rings. The fraction of sp³-hybridized carbons (Fsp3) is 0.259. The minimum Gasteiger partial charge on any atom is -0.394 e. The number of aliphatic hydroxyl groups excluding tert-OH is 1. The van der Waals surface area contributed by atoms with Gasteiger partial charge in [-0.1, -0.05) is 60.7 Å². The molecule has 1 fully saturated rings. The largest absolute Gasteiger partial charge is 0.394 e. The third-order valence-corrected chi connectivity index (χ3v) is 5.84. The molecule has 6 heteroatoms. The Morgan fingerprint density at radius 2 is 1.48 bits per heavy atom. The summed E-state index contributed by atoms with van der Waals surface area (Å²) in [6.07, 6.45) is 0.588. The zero-order valence-electron chi connectivity index (χ0n) is 18.3. The summed E-state index contributed by atoms with van der Waals surface area (Å²) in [4.78, 5) is 25.0. The van der Waals surface area contributed by atoms with Gasteiger partial charge in [-0.15, -0.1) is 0 Å². The summed E-state index contributed by atoms with van der Waals surface area (Å²) < 4.78 is 5.94. The Labute approximate surface area is 193 Å². The zero-order valence-corrected chi connectivity index (χ0v) is 18.3. The first kappa shape index (κ1) is 22.7. The Morgan fingerprint density at radius 1 is 0.848 bits per heavy atom. The smallest absolute Gasteiger partial charge is 0.251 e. The van der Waals surface area contributed by atoms with Crippen LogP contribution in [0.4, 0.5) is 5.69 Å². The van der Waals surface area contributed by atoms with Gasteiger partial charge in [0, 0.05) is 11.3 Å². The molecular weight excluding hydrogens is 416 g/mol. The summed E-state index contributed by atoms with van der Waals surface area (Å²) in [5.74, 6) is -0.339. The molecule has 0 bridgehead atoms. The lowest BCUT2D eigenvalue weighted by Gasteiger charge is -2.36. The molecule has 0 aliphatic carbocycles. The molecule has 4 rings (SSSR count). The summed E-state index contributed by atoms with van der Waals surface area (Å²) in [6.45, 7) is -0.223. The monoisotopic (exact) mass is 444 g/mol. The maximum absolute atomic E-state index is 12.6. The summed E-state index contributed by atoms with van der Waals surface area (Å²) in [7, 11) is 0. The zero-order chi connectivity index (χ0) is 23.0. The molecule has 3 aromatic carbocycles. The van der Waals surface area contributed by atoms with E-state index in [-0.39, 0.29) is 37.0 Å². The summed E-state index contributed by atoms with van der Waals surface area (Å²) in [5, 5.41) is 15.6. The molecule has 2 amide bonds. The van der Waals surface area contributed by atoms with Gasteiger partial charge in [-0.05, 0) is 48.2 Å². The van der Waals surface area contributed by atoms with Crippen LogP contribution in [-0.4, -0.2) is 41.8 Å². The highest BCUT2D eigenvalue weighted by Gasteiger charge is 2.33. The Bertz CT molecular complexity index is 1050. The lowest BCUT2D eigenvalue weighted by Crippen LogP contribution is -2.51. The second-order valence-electron chi connectivity index (χ2n) is 8.20. The van der Waals surface area contributed by atoms with E-state index in [1.807, 2.05) is 60.7 Å². The van der Waals surface area contributed by atoms with Gasteiger partial charge in [-0.25, -0.2) is 0 Å². The first-order chi connectivity index (χ1) is 16.1. The first-order valence-corrected chi connectivity index (χ1v) is 11.2. The van der Waals surface area contributed by atoms with E-state index in [2.05, 4.69) is 10.6 Å². The normalized spacial score (nSPS) is 20.1. The molecule has 33 heavy (non-hydrogen) atoms. The van der Waals surface area contributed by atoms with Crippen molar-refractivity contribution in [2.45, 2.75) is 37.5 Å². The van der Waals surface area contributed by atoms with Gasteiger partial charge in [0.05, 0.1) is 25.2 Å². The van der Waals surface area contributed by atoms with Crippen LogP contribution in [0.3, 0.4) is 0 Å². The van der Waals surface area contributed by atoms with Crippen LogP contribution in [0.5, 0.6) is 0 Å². The van der Waals surface area contributed by atoms with Crippen LogP contribution in [-0.2, 0) is 9.53 Å².